The van der Waals surface area contributed by atoms with Gasteiger partial charge in [0.15, 0.2) is 11.6 Å². The SMILES string of the molecule is CC[C@H]1/C2=C/c3[n-]c4c(c3C)C(=O)[C@H](C(=O)OC)/C4=C3/[N-]/C(=C\c4[n-]c(c(C(C)=O)c4C)/C=C(\[N-]2)[C@@H]1C)[C@@H](C)[C@@H]3CCC(=O)OC/C=C(/C)CCC[C@H](C)CCC[C@@H](C)CCCC(C)C.[Mg+2]. The van der Waals surface area contributed by atoms with Crippen molar-refractivity contribution in [3.05, 3.63) is 90.1 Å². The Morgan fingerprint density at radius 2 is 1.35 bits per heavy atom. The zero-order chi connectivity index (χ0) is 47.3. The van der Waals surface area contributed by atoms with E-state index in [9.17, 15) is 19.2 Å². The molecule has 4 aliphatic rings. The summed E-state index contributed by atoms with van der Waals surface area (Å²) in [5.41, 5.74) is 9.10. The van der Waals surface area contributed by atoms with Crippen LogP contribution < -0.4 is 9.97 Å². The fourth-order valence-electron chi connectivity index (χ4n) is 10.6. The summed E-state index contributed by atoms with van der Waals surface area (Å²) in [6.45, 7) is 23.3. The van der Waals surface area contributed by atoms with Crippen molar-refractivity contribution in [1.82, 2.24) is 9.97 Å². The molecule has 0 radical (unpaired) electrons. The third-order valence-corrected chi connectivity index (χ3v) is 14.8. The van der Waals surface area contributed by atoms with Crippen LogP contribution >= 0.6 is 0 Å². The van der Waals surface area contributed by atoms with Gasteiger partial charge < -0.3 is 30.1 Å². The van der Waals surface area contributed by atoms with Crippen LogP contribution in [0.15, 0.2) is 34.4 Å². The summed E-state index contributed by atoms with van der Waals surface area (Å²) in [4.78, 5) is 64.7. The molecule has 5 heterocycles. The van der Waals surface area contributed by atoms with Crippen molar-refractivity contribution < 1.29 is 28.7 Å². The summed E-state index contributed by atoms with van der Waals surface area (Å²) < 4.78 is 11.0. The van der Waals surface area contributed by atoms with E-state index in [-0.39, 0.29) is 77.3 Å². The van der Waals surface area contributed by atoms with Gasteiger partial charge in [-0.05, 0) is 94.5 Å². The van der Waals surface area contributed by atoms with Crippen LogP contribution in [0.1, 0.15) is 194 Å². The van der Waals surface area contributed by atoms with Gasteiger partial charge >= 0.3 is 35.0 Å². The Kier molecular flexibility index (Phi) is 18.6. The predicted octanol–water partition coefficient (Wildman–Crippen LogP) is 12.9. The molecule has 11 heteroatoms. The van der Waals surface area contributed by atoms with Gasteiger partial charge in [-0.25, -0.2) is 0 Å². The van der Waals surface area contributed by atoms with Crippen molar-refractivity contribution in [1.29, 1.82) is 0 Å². The van der Waals surface area contributed by atoms with Gasteiger partial charge in [-0.15, -0.1) is 22.8 Å². The van der Waals surface area contributed by atoms with Gasteiger partial charge in [0.25, 0.3) is 0 Å². The second-order valence-corrected chi connectivity index (χ2v) is 20.2. The van der Waals surface area contributed by atoms with Crippen molar-refractivity contribution >= 4 is 70.4 Å². The van der Waals surface area contributed by atoms with Gasteiger partial charge in [-0.2, -0.15) is 22.8 Å². The van der Waals surface area contributed by atoms with Gasteiger partial charge in [0.2, 0.25) is 0 Å². The number of nitrogens with zero attached hydrogens (tertiary/aromatic N) is 4. The van der Waals surface area contributed by atoms with E-state index in [1.54, 1.807) is 6.92 Å². The maximum atomic E-state index is 14.4. The first-order valence-corrected chi connectivity index (χ1v) is 24.6. The third-order valence-electron chi connectivity index (χ3n) is 14.8. The molecule has 1 aliphatic carbocycles. The molecule has 2 aromatic heterocycles. The molecule has 0 unspecified atom stereocenters. The quantitative estimate of drug-likeness (QED) is 0.0420. The molecule has 0 saturated carbocycles. The Balaban J connectivity index is 0.00000817. The van der Waals surface area contributed by atoms with Crippen molar-refractivity contribution in [2.45, 2.75) is 153 Å². The number of carbonyl (C=O) groups excluding carboxylic acids is 4. The number of allylic oxidation sites excluding steroid dienone is 5. The molecular weight excluding hydrogens is 837 g/mol. The minimum absolute atomic E-state index is 0. The average molecular weight is 912 g/mol. The smallest absolute Gasteiger partial charge is 0.664 e. The molecular formula is C55H74MgN4O6-2. The van der Waals surface area contributed by atoms with Crippen LogP contribution in [0.4, 0.5) is 0 Å². The molecule has 10 nitrogen and oxygen atoms in total. The van der Waals surface area contributed by atoms with E-state index in [1.807, 2.05) is 45.1 Å². The molecule has 3 aliphatic heterocycles. The second-order valence-electron chi connectivity index (χ2n) is 20.2. The minimum Gasteiger partial charge on any atom is -0.664 e. The minimum atomic E-state index is -1.25. The Bertz CT molecular complexity index is 2280. The number of hydrogen-bond donors (Lipinski definition) is 0. The van der Waals surface area contributed by atoms with Crippen molar-refractivity contribution in [3.63, 3.8) is 0 Å². The molecule has 2 aromatic rings. The number of aromatic nitrogens is 2. The van der Waals surface area contributed by atoms with Crippen LogP contribution in [0.25, 0.3) is 34.4 Å². The summed E-state index contributed by atoms with van der Waals surface area (Å²) >= 11 is 0. The maximum Gasteiger partial charge on any atom is 2.00 e. The van der Waals surface area contributed by atoms with E-state index in [2.05, 4.69) is 48.5 Å². The number of hydrogen-bond acceptors (Lipinski definition) is 6. The van der Waals surface area contributed by atoms with Gasteiger partial charge in [-0.1, -0.05) is 140 Å². The van der Waals surface area contributed by atoms with Crippen molar-refractivity contribution in [2.75, 3.05) is 13.7 Å². The summed E-state index contributed by atoms with van der Waals surface area (Å²) in [7, 11) is 1.28. The summed E-state index contributed by atoms with van der Waals surface area (Å²) in [5.74, 6) is -0.869. The maximum absolute atomic E-state index is 14.4. The Morgan fingerprint density at radius 3 is 1.98 bits per heavy atom. The zero-order valence-electron chi connectivity index (χ0n) is 42.1. The largest absolute Gasteiger partial charge is 2.00 e. The molecule has 7 atom stereocenters. The van der Waals surface area contributed by atoms with Crippen LogP contribution in [-0.4, -0.2) is 60.3 Å². The Morgan fingerprint density at radius 1 is 0.758 bits per heavy atom. The fourth-order valence-corrected chi connectivity index (χ4v) is 10.6. The standard InChI is InChI=1S/C55H76N4O6.Mg/c1-13-39-34(7)41-29-46-48(38(11)60)36(9)43(57-46)27-42-35(8)40(52(58-42)50-51(55(63)64-12)54(62)49-37(10)44(59-53(49)50)28-45(39)56-41)23-24-47(61)65-26-25-33(6)22-16-21-32(5)20-15-19-31(4)18-14-17-30(2)3;/h25,27-32,34-35,39-40,51H,13-24,26H2,1-12H3,(H2-2,56,57,58,59,60,62);/q-2;+2/p-2/b33-25-,42-27-,45-28-;/t31-,32+,34+,35-,39+,40-,51+;/m0./s1. The number of methoxy groups -OCH3 is 1. The molecule has 0 spiro atoms. The van der Waals surface area contributed by atoms with Crippen molar-refractivity contribution in [2.24, 2.45) is 47.3 Å². The topological polar surface area (TPSA) is 143 Å². The fraction of sp³-hybridized carbons (Fsp3) is 0.600. The normalized spacial score (nSPS) is 25.5. The van der Waals surface area contributed by atoms with Crippen LogP contribution in [0.3, 0.4) is 0 Å². The van der Waals surface area contributed by atoms with Gasteiger partial charge in [0, 0.05) is 17.5 Å². The summed E-state index contributed by atoms with van der Waals surface area (Å²) in [6.07, 6.45) is 20.3. The number of esters is 2. The summed E-state index contributed by atoms with van der Waals surface area (Å²) in [6, 6.07) is 0. The van der Waals surface area contributed by atoms with E-state index in [1.165, 1.54) is 57.6 Å². The van der Waals surface area contributed by atoms with Crippen LogP contribution in [0.2, 0.25) is 0 Å². The van der Waals surface area contributed by atoms with Crippen LogP contribution in [0, 0.1) is 61.2 Å². The first-order chi connectivity index (χ1) is 30.9. The molecule has 0 N–H and O–H groups in total. The molecule has 8 bridgehead atoms. The van der Waals surface area contributed by atoms with Crippen molar-refractivity contribution in [3.8, 4) is 0 Å². The van der Waals surface area contributed by atoms with Gasteiger partial charge in [-0.3, -0.25) is 19.2 Å². The molecule has 6 rings (SSSR count). The first-order valence-electron chi connectivity index (χ1n) is 24.6. The Labute approximate surface area is 411 Å². The number of ketones is 2. The molecule has 2 saturated heterocycles. The van der Waals surface area contributed by atoms with Gasteiger partial charge in [0.05, 0.1) is 7.11 Å². The van der Waals surface area contributed by atoms with Gasteiger partial charge in [0.1, 0.15) is 12.5 Å². The third kappa shape index (κ3) is 11.8. The number of rotatable bonds is 20. The van der Waals surface area contributed by atoms with E-state index in [4.69, 9.17) is 30.1 Å². The molecule has 66 heavy (non-hydrogen) atoms. The number of fused-ring (bicyclic) bond motifs is 7. The van der Waals surface area contributed by atoms with E-state index < -0.39 is 11.9 Å². The second kappa shape index (κ2) is 23.3. The molecule has 0 aromatic carbocycles. The van der Waals surface area contributed by atoms with E-state index >= 15 is 0 Å². The average Bonchev–Trinajstić information content (AvgIpc) is 4.00. The molecule has 354 valence electrons. The van der Waals surface area contributed by atoms with Crippen LogP contribution in [-0.2, 0) is 19.1 Å². The van der Waals surface area contributed by atoms with Crippen LogP contribution in [0.5, 0.6) is 0 Å². The molecule has 2 fully saturated rings. The first kappa shape index (κ1) is 52.9. The zero-order valence-corrected chi connectivity index (χ0v) is 43.5. The monoisotopic (exact) mass is 911 g/mol. The van der Waals surface area contributed by atoms with E-state index in [0.29, 0.717) is 68.8 Å². The molecule has 0 amide bonds. The number of ether oxygens (including phenoxy) is 2. The Hall–Kier alpha value is -4.09. The van der Waals surface area contributed by atoms with E-state index in [0.717, 1.165) is 48.1 Å². The summed E-state index contributed by atoms with van der Waals surface area (Å²) in [5, 5.41) is 10.3. The number of carbonyl (C=O) groups is 4. The number of Topliss-reactive ketones (excluding diaryl/α,β-unsaturated/α-hetero) is 2. The predicted molar refractivity (Wildman–Crippen MR) is 266 cm³/mol.